The SMILES string of the molecule is Cl.NCc1nnc(SCCC2CC2(F)F)n1-c1ccc(F)cc1. The lowest BCUT2D eigenvalue weighted by Crippen LogP contribution is -2.08. The van der Waals surface area contributed by atoms with Crippen LogP contribution in [-0.2, 0) is 6.54 Å². The van der Waals surface area contributed by atoms with Crippen molar-refractivity contribution in [3.05, 3.63) is 35.9 Å². The molecule has 1 fully saturated rings. The molecule has 2 aromatic rings. The molecule has 0 spiro atoms. The number of thioether (sulfide) groups is 1. The fourth-order valence-electron chi connectivity index (χ4n) is 2.25. The summed E-state index contributed by atoms with van der Waals surface area (Å²) >= 11 is 1.36. The first kappa shape index (κ1) is 18.1. The number of aromatic nitrogens is 3. The molecule has 1 aliphatic rings. The van der Waals surface area contributed by atoms with Gasteiger partial charge in [0.05, 0.1) is 6.54 Å². The number of nitrogens with two attached hydrogens (primary N) is 1. The van der Waals surface area contributed by atoms with E-state index in [2.05, 4.69) is 10.2 Å². The van der Waals surface area contributed by atoms with Gasteiger partial charge in [0.15, 0.2) is 11.0 Å². The molecule has 1 aliphatic carbocycles. The number of benzene rings is 1. The highest BCUT2D eigenvalue weighted by Crippen LogP contribution is 2.51. The molecular weight excluding hydrogens is 349 g/mol. The molecule has 1 unspecified atom stereocenters. The van der Waals surface area contributed by atoms with Gasteiger partial charge in [0.2, 0.25) is 0 Å². The van der Waals surface area contributed by atoms with Gasteiger partial charge < -0.3 is 5.73 Å². The van der Waals surface area contributed by atoms with Gasteiger partial charge in [-0.1, -0.05) is 11.8 Å². The van der Waals surface area contributed by atoms with Crippen LogP contribution in [0.4, 0.5) is 13.2 Å². The highest BCUT2D eigenvalue weighted by Gasteiger charge is 2.55. The fourth-order valence-corrected chi connectivity index (χ4v) is 3.27. The van der Waals surface area contributed by atoms with Crippen LogP contribution in [-0.4, -0.2) is 26.4 Å². The normalized spacial score (nSPS) is 18.5. The molecule has 0 amide bonds. The minimum Gasteiger partial charge on any atom is -0.324 e. The van der Waals surface area contributed by atoms with Crippen LogP contribution in [0.25, 0.3) is 5.69 Å². The van der Waals surface area contributed by atoms with Gasteiger partial charge in [-0.15, -0.1) is 22.6 Å². The summed E-state index contributed by atoms with van der Waals surface area (Å²) in [5, 5.41) is 8.63. The van der Waals surface area contributed by atoms with Gasteiger partial charge in [0, 0.05) is 23.8 Å². The van der Waals surface area contributed by atoms with Crippen molar-refractivity contribution >= 4 is 24.2 Å². The van der Waals surface area contributed by atoms with Crippen LogP contribution in [0.2, 0.25) is 0 Å². The summed E-state index contributed by atoms with van der Waals surface area (Å²) in [6.45, 7) is 0.186. The minimum absolute atomic E-state index is 0. The third-order valence-corrected chi connectivity index (χ3v) is 4.58. The number of hydrogen-bond donors (Lipinski definition) is 1. The van der Waals surface area contributed by atoms with Gasteiger partial charge in [-0.05, 0) is 30.7 Å². The maximum absolute atomic E-state index is 13.0. The zero-order chi connectivity index (χ0) is 15.7. The van der Waals surface area contributed by atoms with E-state index in [0.29, 0.717) is 28.8 Å². The standard InChI is InChI=1S/C14H15F3N4S.ClH/c15-10-1-3-11(4-2-10)21-12(8-18)19-20-13(21)22-6-5-9-7-14(9,16)17;/h1-4,9H,5-8,18H2;1H. The van der Waals surface area contributed by atoms with E-state index in [1.165, 1.54) is 23.9 Å². The van der Waals surface area contributed by atoms with Crippen LogP contribution < -0.4 is 5.73 Å². The fraction of sp³-hybridized carbons (Fsp3) is 0.429. The van der Waals surface area contributed by atoms with Crippen LogP contribution >= 0.6 is 24.2 Å². The summed E-state index contributed by atoms with van der Waals surface area (Å²) in [4.78, 5) is 0. The van der Waals surface area contributed by atoms with Gasteiger partial charge in [0.1, 0.15) is 5.82 Å². The summed E-state index contributed by atoms with van der Waals surface area (Å²) < 4.78 is 40.5. The van der Waals surface area contributed by atoms with Crippen molar-refractivity contribution in [1.82, 2.24) is 14.8 Å². The van der Waals surface area contributed by atoms with Gasteiger partial charge in [-0.2, -0.15) is 0 Å². The van der Waals surface area contributed by atoms with E-state index in [0.717, 1.165) is 0 Å². The molecule has 4 nitrogen and oxygen atoms in total. The maximum Gasteiger partial charge on any atom is 0.251 e. The Morgan fingerprint density at radius 3 is 2.48 bits per heavy atom. The first-order chi connectivity index (χ1) is 10.5. The topological polar surface area (TPSA) is 56.7 Å². The van der Waals surface area contributed by atoms with E-state index < -0.39 is 11.8 Å². The van der Waals surface area contributed by atoms with Crippen molar-refractivity contribution in [2.24, 2.45) is 11.7 Å². The van der Waals surface area contributed by atoms with E-state index in [-0.39, 0.29) is 31.2 Å². The third kappa shape index (κ3) is 3.99. The lowest BCUT2D eigenvalue weighted by atomic mass is 10.3. The van der Waals surface area contributed by atoms with E-state index in [9.17, 15) is 13.2 Å². The molecule has 0 aliphatic heterocycles. The second kappa shape index (κ2) is 7.11. The van der Waals surface area contributed by atoms with Crippen molar-refractivity contribution in [3.63, 3.8) is 0 Å². The Hall–Kier alpha value is -1.25. The average molecular weight is 365 g/mol. The summed E-state index contributed by atoms with van der Waals surface area (Å²) in [6.07, 6.45) is 0.415. The predicted molar refractivity (Wildman–Crippen MR) is 84.9 cm³/mol. The molecule has 126 valence electrons. The second-order valence-electron chi connectivity index (χ2n) is 5.21. The molecule has 9 heteroatoms. The predicted octanol–water partition coefficient (Wildman–Crippen LogP) is 3.42. The lowest BCUT2D eigenvalue weighted by Gasteiger charge is -2.09. The molecule has 1 aromatic carbocycles. The van der Waals surface area contributed by atoms with Gasteiger partial charge in [-0.3, -0.25) is 4.57 Å². The molecule has 1 atom stereocenters. The minimum atomic E-state index is -2.49. The Bertz CT molecular complexity index is 663. The van der Waals surface area contributed by atoms with Crippen molar-refractivity contribution in [3.8, 4) is 5.69 Å². The number of halogens is 4. The average Bonchev–Trinajstić information content (AvgIpc) is 2.93. The summed E-state index contributed by atoms with van der Waals surface area (Å²) in [5.41, 5.74) is 6.35. The number of rotatable bonds is 6. The smallest absolute Gasteiger partial charge is 0.251 e. The maximum atomic E-state index is 13.0. The molecule has 0 bridgehead atoms. The van der Waals surface area contributed by atoms with E-state index >= 15 is 0 Å². The molecule has 1 aromatic heterocycles. The van der Waals surface area contributed by atoms with Gasteiger partial charge in [0.25, 0.3) is 5.92 Å². The Morgan fingerprint density at radius 1 is 1.26 bits per heavy atom. The Labute approximate surface area is 142 Å². The third-order valence-electron chi connectivity index (χ3n) is 3.62. The highest BCUT2D eigenvalue weighted by molar-refractivity contribution is 7.99. The molecule has 1 heterocycles. The van der Waals surface area contributed by atoms with Crippen LogP contribution in [0.15, 0.2) is 29.4 Å². The number of nitrogens with zero attached hydrogens (tertiary/aromatic N) is 3. The Kier molecular flexibility index (Phi) is 5.59. The molecule has 2 N–H and O–H groups in total. The van der Waals surface area contributed by atoms with Crippen LogP contribution in [0.1, 0.15) is 18.7 Å². The molecule has 23 heavy (non-hydrogen) atoms. The molecule has 0 radical (unpaired) electrons. The zero-order valence-corrected chi connectivity index (χ0v) is 13.7. The molecule has 3 rings (SSSR count). The lowest BCUT2D eigenvalue weighted by molar-refractivity contribution is 0.0983. The largest absolute Gasteiger partial charge is 0.324 e. The number of hydrogen-bond acceptors (Lipinski definition) is 4. The van der Waals surface area contributed by atoms with E-state index in [1.807, 2.05) is 0 Å². The second-order valence-corrected chi connectivity index (χ2v) is 6.28. The molecule has 0 saturated heterocycles. The van der Waals surface area contributed by atoms with Crippen molar-refractivity contribution in [2.75, 3.05) is 5.75 Å². The number of alkyl halides is 2. The van der Waals surface area contributed by atoms with Crippen molar-refractivity contribution < 1.29 is 13.2 Å². The Balaban J connectivity index is 0.00000192. The molecular formula is C14H16ClF3N4S. The van der Waals surface area contributed by atoms with Gasteiger partial charge >= 0.3 is 0 Å². The van der Waals surface area contributed by atoms with Crippen molar-refractivity contribution in [2.45, 2.75) is 30.5 Å². The first-order valence-corrected chi connectivity index (χ1v) is 7.91. The summed E-state index contributed by atoms with van der Waals surface area (Å²) in [6, 6.07) is 5.90. The summed E-state index contributed by atoms with van der Waals surface area (Å²) in [5.74, 6) is -2.27. The van der Waals surface area contributed by atoms with E-state index in [4.69, 9.17) is 5.73 Å². The monoisotopic (exact) mass is 364 g/mol. The Morgan fingerprint density at radius 2 is 1.91 bits per heavy atom. The van der Waals surface area contributed by atoms with Gasteiger partial charge in [-0.25, -0.2) is 13.2 Å². The summed E-state index contributed by atoms with van der Waals surface area (Å²) in [7, 11) is 0. The highest BCUT2D eigenvalue weighted by atomic mass is 35.5. The van der Waals surface area contributed by atoms with E-state index in [1.54, 1.807) is 16.7 Å². The quantitative estimate of drug-likeness (QED) is 0.798. The van der Waals surface area contributed by atoms with Crippen molar-refractivity contribution in [1.29, 1.82) is 0 Å². The van der Waals surface area contributed by atoms with Crippen LogP contribution in [0, 0.1) is 11.7 Å². The van der Waals surface area contributed by atoms with Crippen LogP contribution in [0.5, 0.6) is 0 Å². The zero-order valence-electron chi connectivity index (χ0n) is 12.1. The van der Waals surface area contributed by atoms with Crippen LogP contribution in [0.3, 0.4) is 0 Å². The molecule has 1 saturated carbocycles. The first-order valence-electron chi connectivity index (χ1n) is 6.92.